The van der Waals surface area contributed by atoms with Crippen molar-refractivity contribution < 1.29 is 0 Å². The molecule has 1 heterocycles. The molecule has 0 saturated heterocycles. The topological polar surface area (TPSA) is 39.4 Å². The Kier molecular flexibility index (Phi) is 5.74. The highest BCUT2D eigenvalue weighted by Crippen LogP contribution is 2.19. The largest absolute Gasteiger partial charge is 0.312 e. The summed E-state index contributed by atoms with van der Waals surface area (Å²) in [6.07, 6.45) is 7.55. The molecule has 0 aliphatic carbocycles. The van der Waals surface area contributed by atoms with Gasteiger partial charge in [-0.25, -0.2) is 4.99 Å². The first-order valence-corrected chi connectivity index (χ1v) is 7.10. The molecule has 0 fully saturated rings. The molecule has 1 atom stereocenters. The molecular weight excluding hydrogens is 306 g/mol. The van der Waals surface area contributed by atoms with Gasteiger partial charge in [0.1, 0.15) is 11.9 Å². The molecule has 114 valence electrons. The molecule has 2 aromatic carbocycles. The van der Waals surface area contributed by atoms with Crippen LogP contribution in [0.1, 0.15) is 5.56 Å². The number of halogens is 1. The second-order valence-electron chi connectivity index (χ2n) is 4.84. The fourth-order valence-electron chi connectivity index (χ4n) is 2.29. The van der Waals surface area contributed by atoms with Crippen LogP contribution in [-0.2, 0) is 0 Å². The number of hydrogen-bond acceptors (Lipinski definition) is 2. The third-order valence-electron chi connectivity index (χ3n) is 3.35. The summed E-state index contributed by atoms with van der Waals surface area (Å²) in [6, 6.07) is 21.6. The average Bonchev–Trinajstić information content (AvgIpc) is 2.61. The number of hydrogen-bond donors (Lipinski definition) is 0. The lowest BCUT2D eigenvalue weighted by atomic mass is 10.1. The number of nitrogens with zero attached hydrogens (tertiary/aromatic N) is 3. The molecule has 2 aromatic rings. The van der Waals surface area contributed by atoms with Gasteiger partial charge in [-0.3, -0.25) is 0 Å². The Bertz CT molecular complexity index is 758. The molecule has 1 aliphatic rings. The number of amidine groups is 1. The van der Waals surface area contributed by atoms with E-state index < -0.39 is 0 Å². The van der Waals surface area contributed by atoms with Crippen LogP contribution in [0.2, 0.25) is 0 Å². The maximum absolute atomic E-state index is 9.39. The Balaban J connectivity index is 0.00000192. The van der Waals surface area contributed by atoms with Crippen molar-refractivity contribution in [2.24, 2.45) is 4.99 Å². The Morgan fingerprint density at radius 1 is 0.957 bits per heavy atom. The van der Waals surface area contributed by atoms with Crippen LogP contribution in [0.3, 0.4) is 0 Å². The molecule has 0 spiro atoms. The quantitative estimate of drug-likeness (QED) is 0.605. The highest BCUT2D eigenvalue weighted by Gasteiger charge is 2.20. The second kappa shape index (κ2) is 7.98. The van der Waals surface area contributed by atoms with Gasteiger partial charge >= 0.3 is 0 Å². The van der Waals surface area contributed by atoms with Crippen molar-refractivity contribution in [3.63, 3.8) is 0 Å². The van der Waals surface area contributed by atoms with E-state index in [1.165, 1.54) is 0 Å². The number of para-hydroxylation sites is 1. The Labute approximate surface area is 142 Å². The number of benzene rings is 2. The first-order valence-electron chi connectivity index (χ1n) is 7.10. The van der Waals surface area contributed by atoms with E-state index in [1.54, 1.807) is 0 Å². The lowest BCUT2D eigenvalue weighted by Gasteiger charge is -2.27. The molecule has 3 rings (SSSR count). The maximum Gasteiger partial charge on any atom is 0.141 e. The van der Waals surface area contributed by atoms with Gasteiger partial charge < -0.3 is 4.90 Å². The van der Waals surface area contributed by atoms with E-state index in [4.69, 9.17) is 4.99 Å². The zero-order chi connectivity index (χ0) is 15.2. The van der Waals surface area contributed by atoms with Crippen molar-refractivity contribution in [2.45, 2.75) is 6.04 Å². The highest BCUT2D eigenvalue weighted by atomic mass is 35.5. The fourth-order valence-corrected chi connectivity index (χ4v) is 2.29. The van der Waals surface area contributed by atoms with Gasteiger partial charge in [-0.1, -0.05) is 54.6 Å². The molecule has 1 aliphatic heterocycles. The third kappa shape index (κ3) is 3.88. The van der Waals surface area contributed by atoms with Crippen molar-refractivity contribution in [3.8, 4) is 6.07 Å². The Hall–Kier alpha value is -2.83. The van der Waals surface area contributed by atoms with Gasteiger partial charge in [0.15, 0.2) is 0 Å². The van der Waals surface area contributed by atoms with E-state index in [0.29, 0.717) is 0 Å². The molecule has 0 aromatic heterocycles. The number of allylic oxidation sites excluding steroid dienone is 2. The van der Waals surface area contributed by atoms with Gasteiger partial charge in [-0.05, 0) is 24.3 Å². The lowest BCUT2D eigenvalue weighted by Crippen LogP contribution is -2.35. The zero-order valence-corrected chi connectivity index (χ0v) is 13.2. The summed E-state index contributed by atoms with van der Waals surface area (Å²) >= 11 is 0. The number of nitriles is 1. The van der Waals surface area contributed by atoms with Crippen molar-refractivity contribution in [1.82, 2.24) is 4.90 Å². The van der Waals surface area contributed by atoms with Crippen LogP contribution in [0, 0.1) is 11.3 Å². The summed E-state index contributed by atoms with van der Waals surface area (Å²) in [4.78, 5) is 6.65. The monoisotopic (exact) mass is 321 g/mol. The van der Waals surface area contributed by atoms with Gasteiger partial charge in [0, 0.05) is 11.8 Å². The summed E-state index contributed by atoms with van der Waals surface area (Å²) < 4.78 is 0. The zero-order valence-electron chi connectivity index (χ0n) is 12.4. The van der Waals surface area contributed by atoms with E-state index in [-0.39, 0.29) is 18.4 Å². The molecule has 4 heteroatoms. The summed E-state index contributed by atoms with van der Waals surface area (Å²) in [5, 5.41) is 9.39. The molecule has 1 unspecified atom stereocenters. The molecular formula is C19H16ClN3. The van der Waals surface area contributed by atoms with Gasteiger partial charge in [-0.2, -0.15) is 5.26 Å². The SMILES string of the molecule is Cl.N#CC1C=CC=CN1C(=Nc1ccccc1)c1ccccc1. The minimum Gasteiger partial charge on any atom is -0.312 e. The third-order valence-corrected chi connectivity index (χ3v) is 3.35. The van der Waals surface area contributed by atoms with Crippen molar-refractivity contribution >= 4 is 23.9 Å². The summed E-state index contributed by atoms with van der Waals surface area (Å²) in [6.45, 7) is 0. The van der Waals surface area contributed by atoms with Gasteiger partial charge in [-0.15, -0.1) is 12.4 Å². The van der Waals surface area contributed by atoms with Crippen LogP contribution in [0.25, 0.3) is 0 Å². The standard InChI is InChI=1S/C19H15N3.ClH/c20-15-18-13-7-8-14-22(18)19(16-9-3-1-4-10-16)21-17-11-5-2-6-12-17;/h1-14,18H;1H. The van der Waals surface area contributed by atoms with Crippen molar-refractivity contribution in [1.29, 1.82) is 5.26 Å². The molecule has 23 heavy (non-hydrogen) atoms. The summed E-state index contributed by atoms with van der Waals surface area (Å²) in [7, 11) is 0. The Morgan fingerprint density at radius 3 is 2.26 bits per heavy atom. The first-order chi connectivity index (χ1) is 10.9. The molecule has 0 saturated carbocycles. The van der Waals surface area contributed by atoms with E-state index in [1.807, 2.05) is 90.0 Å². The van der Waals surface area contributed by atoms with Crippen LogP contribution < -0.4 is 0 Å². The van der Waals surface area contributed by atoms with Crippen LogP contribution in [0.5, 0.6) is 0 Å². The van der Waals surface area contributed by atoms with Gasteiger partial charge in [0.05, 0.1) is 11.8 Å². The van der Waals surface area contributed by atoms with Gasteiger partial charge in [0.2, 0.25) is 0 Å². The van der Waals surface area contributed by atoms with E-state index >= 15 is 0 Å². The minimum atomic E-state index is -0.354. The second-order valence-corrected chi connectivity index (χ2v) is 4.84. The molecule has 3 nitrogen and oxygen atoms in total. The van der Waals surface area contributed by atoms with E-state index in [9.17, 15) is 5.26 Å². The summed E-state index contributed by atoms with van der Waals surface area (Å²) in [5.41, 5.74) is 1.84. The molecule has 0 amide bonds. The van der Waals surface area contributed by atoms with Gasteiger partial charge in [0.25, 0.3) is 0 Å². The normalized spacial score (nSPS) is 16.6. The highest BCUT2D eigenvalue weighted by molar-refractivity contribution is 6.01. The van der Waals surface area contributed by atoms with Crippen LogP contribution in [0.4, 0.5) is 5.69 Å². The summed E-state index contributed by atoms with van der Waals surface area (Å²) in [5.74, 6) is 0.763. The average molecular weight is 322 g/mol. The number of rotatable bonds is 2. The molecule has 0 bridgehead atoms. The Morgan fingerprint density at radius 2 is 1.61 bits per heavy atom. The smallest absolute Gasteiger partial charge is 0.141 e. The predicted molar refractivity (Wildman–Crippen MR) is 95.8 cm³/mol. The molecule has 0 N–H and O–H groups in total. The van der Waals surface area contributed by atoms with E-state index in [0.717, 1.165) is 17.1 Å². The number of aliphatic imine (C=N–C) groups is 1. The van der Waals surface area contributed by atoms with Crippen molar-refractivity contribution in [2.75, 3.05) is 0 Å². The van der Waals surface area contributed by atoms with E-state index in [2.05, 4.69) is 6.07 Å². The fraction of sp³-hybridized carbons (Fsp3) is 0.0526. The van der Waals surface area contributed by atoms with Crippen molar-refractivity contribution in [3.05, 3.63) is 90.7 Å². The first kappa shape index (κ1) is 16.5. The maximum atomic E-state index is 9.39. The minimum absolute atomic E-state index is 0. The van der Waals surface area contributed by atoms with Crippen LogP contribution in [0.15, 0.2) is 90.1 Å². The van der Waals surface area contributed by atoms with Crippen LogP contribution >= 0.6 is 12.4 Å². The van der Waals surface area contributed by atoms with Crippen LogP contribution in [-0.4, -0.2) is 16.8 Å². The lowest BCUT2D eigenvalue weighted by molar-refractivity contribution is 0.539. The predicted octanol–water partition coefficient (Wildman–Crippen LogP) is 4.46. The molecule has 0 radical (unpaired) electrons.